The second-order valence-corrected chi connectivity index (χ2v) is 8.56. The number of carbonyl (C=O) groups excluding carboxylic acids is 1. The number of allylic oxidation sites excluding steroid dienone is 1. The van der Waals surface area contributed by atoms with Crippen LogP contribution in [0.15, 0.2) is 22.2 Å². The Hall–Kier alpha value is -1.82. The largest absolute Gasteiger partial charge is 0.471 e. The molecule has 1 saturated heterocycles. The van der Waals surface area contributed by atoms with Gasteiger partial charge in [0.15, 0.2) is 5.60 Å². The third-order valence-corrected chi connectivity index (χ3v) is 4.77. The number of carbonyl (C=O) groups is 1. The Bertz CT molecular complexity index is 639. The highest BCUT2D eigenvalue weighted by Crippen LogP contribution is 2.33. The van der Waals surface area contributed by atoms with Crippen molar-refractivity contribution >= 4 is 5.97 Å². The lowest BCUT2D eigenvalue weighted by molar-refractivity contribution is -0.153. The number of hydrogen-bond donors (Lipinski definition) is 1. The fourth-order valence-corrected chi connectivity index (χ4v) is 3.64. The predicted molar refractivity (Wildman–Crippen MR) is 102 cm³/mol. The van der Waals surface area contributed by atoms with Crippen LogP contribution in [-0.2, 0) is 9.53 Å². The summed E-state index contributed by atoms with van der Waals surface area (Å²) in [7, 11) is 0. The van der Waals surface area contributed by atoms with E-state index in [1.807, 2.05) is 6.08 Å². The fraction of sp³-hybridized carbons (Fsp3) is 0.714. The van der Waals surface area contributed by atoms with Crippen molar-refractivity contribution in [3.05, 3.63) is 23.5 Å². The van der Waals surface area contributed by atoms with Crippen LogP contribution in [0.5, 0.6) is 5.88 Å². The molecule has 0 spiro atoms. The number of aliphatic hydroxyl groups is 1. The van der Waals surface area contributed by atoms with E-state index in [4.69, 9.17) is 14.0 Å². The maximum atomic E-state index is 12.3. The number of aryl methyl sites for hydroxylation is 1. The van der Waals surface area contributed by atoms with E-state index in [2.05, 4.69) is 32.9 Å². The lowest BCUT2D eigenvalue weighted by atomic mass is 9.86. The summed E-state index contributed by atoms with van der Waals surface area (Å²) in [5, 5.41) is 13.6. The third-order valence-electron chi connectivity index (χ3n) is 4.77. The zero-order chi connectivity index (χ0) is 20.0. The number of hydrogen-bond acceptors (Lipinski definition) is 6. The molecule has 1 aromatic heterocycles. The van der Waals surface area contributed by atoms with Crippen molar-refractivity contribution in [1.29, 1.82) is 0 Å². The first kappa shape index (κ1) is 21.5. The highest BCUT2D eigenvalue weighted by atomic mass is 16.6. The number of cyclic esters (lactones) is 1. The Kier molecular flexibility index (Phi) is 7.48. The number of nitrogens with zero attached hydrogens (tertiary/aromatic N) is 1. The topological polar surface area (TPSA) is 81.8 Å². The zero-order valence-electron chi connectivity index (χ0n) is 17.2. The molecule has 6 heteroatoms. The molecule has 1 atom stereocenters. The molecule has 1 aliphatic heterocycles. The second-order valence-electron chi connectivity index (χ2n) is 8.56. The standard InChI is InChI=1S/C21H33NO5/c1-14(2)8-17(9-15(3)4)6-7-18-11-21(12-23,26-20(18)24)13-25-19-10-16(5)27-22-19/h7,10,14-15,17,23H,6,8-9,11-13H2,1-5H3/b18-7+. The van der Waals surface area contributed by atoms with E-state index in [0.717, 1.165) is 19.3 Å². The lowest BCUT2D eigenvalue weighted by Crippen LogP contribution is -2.39. The monoisotopic (exact) mass is 379 g/mol. The van der Waals surface area contributed by atoms with Crippen LogP contribution in [0, 0.1) is 24.7 Å². The lowest BCUT2D eigenvalue weighted by Gasteiger charge is -2.23. The molecular formula is C21H33NO5. The molecule has 0 aliphatic carbocycles. The van der Waals surface area contributed by atoms with Crippen molar-refractivity contribution in [2.45, 2.75) is 65.9 Å². The van der Waals surface area contributed by atoms with Gasteiger partial charge in [0.2, 0.25) is 0 Å². The molecule has 1 unspecified atom stereocenters. The molecule has 0 amide bonds. The molecule has 2 heterocycles. The van der Waals surface area contributed by atoms with E-state index in [1.54, 1.807) is 13.0 Å². The molecular weight excluding hydrogens is 346 g/mol. The van der Waals surface area contributed by atoms with Gasteiger partial charge in [-0.15, -0.1) is 0 Å². The van der Waals surface area contributed by atoms with Crippen LogP contribution in [-0.4, -0.2) is 35.0 Å². The summed E-state index contributed by atoms with van der Waals surface area (Å²) in [5.41, 5.74) is -0.428. The third kappa shape index (κ3) is 6.38. The molecule has 1 aliphatic rings. The van der Waals surface area contributed by atoms with E-state index in [9.17, 15) is 9.90 Å². The van der Waals surface area contributed by atoms with Gasteiger partial charge in [-0.1, -0.05) is 33.8 Å². The van der Waals surface area contributed by atoms with Gasteiger partial charge in [0.1, 0.15) is 12.4 Å². The molecule has 1 fully saturated rings. The van der Waals surface area contributed by atoms with Crippen molar-refractivity contribution in [3.8, 4) is 5.88 Å². The first-order chi connectivity index (χ1) is 12.7. The molecule has 1 N–H and O–H groups in total. The molecule has 0 bridgehead atoms. The summed E-state index contributed by atoms with van der Waals surface area (Å²) in [6, 6.07) is 1.65. The van der Waals surface area contributed by atoms with E-state index >= 15 is 0 Å². The molecule has 0 radical (unpaired) electrons. The SMILES string of the molecule is Cc1cc(OCC2(CO)C/C(=C\CC(CC(C)C)CC(C)C)C(=O)O2)no1. The minimum atomic E-state index is -1.05. The summed E-state index contributed by atoms with van der Waals surface area (Å²) in [6.45, 7) is 10.4. The summed E-state index contributed by atoms with van der Waals surface area (Å²) in [4.78, 5) is 12.3. The van der Waals surface area contributed by atoms with Crippen LogP contribution >= 0.6 is 0 Å². The Balaban J connectivity index is 2.00. The van der Waals surface area contributed by atoms with Crippen LogP contribution in [0.25, 0.3) is 0 Å². The summed E-state index contributed by atoms with van der Waals surface area (Å²) >= 11 is 0. The molecule has 0 aromatic carbocycles. The average molecular weight is 379 g/mol. The van der Waals surface area contributed by atoms with Gasteiger partial charge in [-0.2, -0.15) is 0 Å². The maximum absolute atomic E-state index is 12.3. The minimum absolute atomic E-state index is 0.0416. The highest BCUT2D eigenvalue weighted by molar-refractivity contribution is 5.91. The normalized spacial score (nSPS) is 21.7. The number of aromatic nitrogens is 1. The van der Waals surface area contributed by atoms with Crippen LogP contribution in [0.4, 0.5) is 0 Å². The van der Waals surface area contributed by atoms with E-state index in [-0.39, 0.29) is 19.2 Å². The molecule has 1 aromatic rings. The van der Waals surface area contributed by atoms with Crippen LogP contribution < -0.4 is 4.74 Å². The second kappa shape index (κ2) is 9.40. The van der Waals surface area contributed by atoms with E-state index in [0.29, 0.717) is 41.4 Å². The highest BCUT2D eigenvalue weighted by Gasteiger charge is 2.44. The van der Waals surface area contributed by atoms with Crippen molar-refractivity contribution in [3.63, 3.8) is 0 Å². The Morgan fingerprint density at radius 1 is 1.30 bits per heavy atom. The smallest absolute Gasteiger partial charge is 0.334 e. The first-order valence-electron chi connectivity index (χ1n) is 9.82. The van der Waals surface area contributed by atoms with Gasteiger partial charge >= 0.3 is 5.97 Å². The molecule has 0 saturated carbocycles. The minimum Gasteiger partial charge on any atom is -0.471 e. The number of aliphatic hydroxyl groups excluding tert-OH is 1. The van der Waals surface area contributed by atoms with Crippen molar-refractivity contribution < 1.29 is 23.9 Å². The average Bonchev–Trinajstić information content (AvgIpc) is 3.13. The van der Waals surface area contributed by atoms with Crippen molar-refractivity contribution in [1.82, 2.24) is 5.16 Å². The number of ether oxygens (including phenoxy) is 2. The van der Waals surface area contributed by atoms with Gasteiger partial charge in [-0.05, 0) is 49.1 Å². The van der Waals surface area contributed by atoms with Gasteiger partial charge < -0.3 is 19.1 Å². The quantitative estimate of drug-likeness (QED) is 0.487. The number of esters is 1. The predicted octanol–water partition coefficient (Wildman–Crippen LogP) is 4.06. The molecule has 6 nitrogen and oxygen atoms in total. The summed E-state index contributed by atoms with van der Waals surface area (Å²) in [5.74, 6) is 2.38. The van der Waals surface area contributed by atoms with Gasteiger partial charge in [-0.3, -0.25) is 0 Å². The van der Waals surface area contributed by atoms with E-state index < -0.39 is 5.60 Å². The first-order valence-corrected chi connectivity index (χ1v) is 9.82. The Morgan fingerprint density at radius 3 is 2.48 bits per heavy atom. The van der Waals surface area contributed by atoms with E-state index in [1.165, 1.54) is 0 Å². The molecule has 27 heavy (non-hydrogen) atoms. The summed E-state index contributed by atoms with van der Waals surface area (Å²) < 4.78 is 16.0. The summed E-state index contributed by atoms with van der Waals surface area (Å²) in [6.07, 6.45) is 5.46. The Labute approximate surface area is 161 Å². The van der Waals surface area contributed by atoms with Gasteiger partial charge in [0.05, 0.1) is 6.61 Å². The van der Waals surface area contributed by atoms with Crippen LogP contribution in [0.1, 0.15) is 59.1 Å². The molecule has 2 rings (SSSR count). The fourth-order valence-electron chi connectivity index (χ4n) is 3.64. The van der Waals surface area contributed by atoms with Gasteiger partial charge in [0, 0.05) is 18.1 Å². The van der Waals surface area contributed by atoms with Crippen LogP contribution in [0.3, 0.4) is 0 Å². The van der Waals surface area contributed by atoms with Crippen molar-refractivity contribution in [2.75, 3.05) is 13.2 Å². The van der Waals surface area contributed by atoms with Gasteiger partial charge in [-0.25, -0.2) is 4.79 Å². The maximum Gasteiger partial charge on any atom is 0.334 e. The Morgan fingerprint density at radius 2 is 1.96 bits per heavy atom. The molecule has 152 valence electrons. The van der Waals surface area contributed by atoms with Crippen LogP contribution in [0.2, 0.25) is 0 Å². The number of rotatable bonds is 10. The zero-order valence-corrected chi connectivity index (χ0v) is 17.2. The van der Waals surface area contributed by atoms with Gasteiger partial charge in [0.25, 0.3) is 5.88 Å². The van der Waals surface area contributed by atoms with Crippen molar-refractivity contribution in [2.24, 2.45) is 17.8 Å².